The van der Waals surface area contributed by atoms with Crippen molar-refractivity contribution >= 4 is 5.82 Å². The van der Waals surface area contributed by atoms with Crippen molar-refractivity contribution < 1.29 is 20.1 Å². The summed E-state index contributed by atoms with van der Waals surface area (Å²) in [6.45, 7) is -0.449. The average Bonchev–Trinajstić information content (AvgIpc) is 2.67. The molecule has 0 amide bonds. The molecule has 1 aromatic rings. The van der Waals surface area contributed by atoms with Crippen molar-refractivity contribution in [1.82, 2.24) is 9.78 Å². The van der Waals surface area contributed by atoms with Crippen LogP contribution in [-0.2, 0) is 4.74 Å². The van der Waals surface area contributed by atoms with Crippen molar-refractivity contribution in [3.63, 3.8) is 0 Å². The molecule has 1 saturated heterocycles. The third-order valence-corrected chi connectivity index (χ3v) is 2.84. The zero-order chi connectivity index (χ0) is 13.3. The van der Waals surface area contributed by atoms with Crippen molar-refractivity contribution in [3.05, 3.63) is 22.5 Å². The minimum absolute atomic E-state index is 0.423. The van der Waals surface area contributed by atoms with Crippen LogP contribution in [0.4, 0.5) is 5.82 Å². The van der Waals surface area contributed by atoms with Gasteiger partial charge in [0, 0.05) is 13.1 Å². The number of aromatic nitrogens is 2. The maximum absolute atomic E-state index is 11.7. The second kappa shape index (κ2) is 5.02. The Kier molecular flexibility index (Phi) is 3.62. The van der Waals surface area contributed by atoms with Crippen LogP contribution in [0.1, 0.15) is 6.23 Å². The highest BCUT2D eigenvalue weighted by molar-refractivity contribution is 5.30. The molecule has 4 atom stereocenters. The zero-order valence-electron chi connectivity index (χ0n) is 9.72. The highest BCUT2D eigenvalue weighted by Crippen LogP contribution is 2.27. The molecule has 0 unspecified atom stereocenters. The molecule has 2 heterocycles. The van der Waals surface area contributed by atoms with E-state index in [9.17, 15) is 15.0 Å². The lowest BCUT2D eigenvalue weighted by Crippen LogP contribution is -2.36. The Morgan fingerprint density at radius 1 is 1.44 bits per heavy atom. The summed E-state index contributed by atoms with van der Waals surface area (Å²) in [6.07, 6.45) is -4.62. The van der Waals surface area contributed by atoms with Gasteiger partial charge in [-0.05, 0) is 6.07 Å². The first-order valence-corrected chi connectivity index (χ1v) is 5.48. The van der Waals surface area contributed by atoms with Crippen molar-refractivity contribution in [1.29, 1.82) is 0 Å². The lowest BCUT2D eigenvalue weighted by atomic mass is 10.1. The van der Waals surface area contributed by atoms with E-state index >= 15 is 0 Å². The third kappa shape index (κ3) is 2.10. The number of anilines is 1. The van der Waals surface area contributed by atoms with Crippen LogP contribution in [-0.4, -0.2) is 57.1 Å². The molecule has 18 heavy (non-hydrogen) atoms. The van der Waals surface area contributed by atoms with Crippen LogP contribution in [0.15, 0.2) is 16.9 Å². The Balaban J connectivity index is 2.35. The van der Waals surface area contributed by atoms with Gasteiger partial charge >= 0.3 is 0 Å². The first-order valence-electron chi connectivity index (χ1n) is 5.48. The maximum Gasteiger partial charge on any atom is 0.269 e. The normalized spacial score (nSPS) is 31.6. The Labute approximate surface area is 102 Å². The highest BCUT2D eigenvalue weighted by atomic mass is 16.6. The summed E-state index contributed by atoms with van der Waals surface area (Å²) < 4.78 is 6.16. The molecule has 8 heteroatoms. The summed E-state index contributed by atoms with van der Waals surface area (Å²) in [5.74, 6) is 0.423. The minimum Gasteiger partial charge on any atom is -0.394 e. The second-order valence-corrected chi connectivity index (χ2v) is 3.98. The van der Waals surface area contributed by atoms with Gasteiger partial charge < -0.3 is 25.4 Å². The summed E-state index contributed by atoms with van der Waals surface area (Å²) in [5, 5.41) is 35.1. The summed E-state index contributed by atoms with van der Waals surface area (Å²) in [5.41, 5.74) is -0.469. The molecule has 8 nitrogen and oxygen atoms in total. The fraction of sp³-hybridized carbons (Fsp3) is 0.600. The molecular weight excluding hydrogens is 242 g/mol. The predicted octanol–water partition coefficient (Wildman–Crippen LogP) is -2.10. The topological polar surface area (TPSA) is 117 Å². The quantitative estimate of drug-likeness (QED) is 0.490. The SMILES string of the molecule is CNc1ccc(=O)n([C@@H]2O[C@H](CO)[C@@H](O)[C@H]2O)n1. The van der Waals surface area contributed by atoms with Crippen LogP contribution in [0.3, 0.4) is 0 Å². The Morgan fingerprint density at radius 2 is 2.17 bits per heavy atom. The molecule has 1 aliphatic rings. The molecule has 2 rings (SSSR count). The lowest BCUT2D eigenvalue weighted by Gasteiger charge is -2.16. The van der Waals surface area contributed by atoms with Gasteiger partial charge in [0.05, 0.1) is 6.61 Å². The summed E-state index contributed by atoms with van der Waals surface area (Å²) >= 11 is 0. The van der Waals surface area contributed by atoms with Crippen molar-refractivity contribution in [2.24, 2.45) is 0 Å². The van der Waals surface area contributed by atoms with E-state index < -0.39 is 36.7 Å². The number of aliphatic hydroxyl groups is 3. The van der Waals surface area contributed by atoms with E-state index in [0.29, 0.717) is 5.82 Å². The third-order valence-electron chi connectivity index (χ3n) is 2.84. The fourth-order valence-corrected chi connectivity index (χ4v) is 1.82. The van der Waals surface area contributed by atoms with Crippen LogP contribution in [0.5, 0.6) is 0 Å². The van der Waals surface area contributed by atoms with Gasteiger partial charge in [0.25, 0.3) is 5.56 Å². The monoisotopic (exact) mass is 257 g/mol. The second-order valence-electron chi connectivity index (χ2n) is 3.98. The van der Waals surface area contributed by atoms with Crippen LogP contribution in [0.2, 0.25) is 0 Å². The first kappa shape index (κ1) is 13.0. The molecular formula is C10H15N3O5. The number of nitrogens with zero attached hydrogens (tertiary/aromatic N) is 2. The van der Waals surface area contributed by atoms with Gasteiger partial charge in [0.1, 0.15) is 24.1 Å². The van der Waals surface area contributed by atoms with Crippen LogP contribution in [0, 0.1) is 0 Å². The predicted molar refractivity (Wildman–Crippen MR) is 61.1 cm³/mol. The molecule has 0 saturated carbocycles. The molecule has 0 aromatic carbocycles. The van der Waals surface area contributed by atoms with Crippen LogP contribution >= 0.6 is 0 Å². The summed E-state index contributed by atoms with van der Waals surface area (Å²) in [7, 11) is 1.63. The molecule has 1 aromatic heterocycles. The van der Waals surface area contributed by atoms with Crippen molar-refractivity contribution in [2.45, 2.75) is 24.5 Å². The van der Waals surface area contributed by atoms with E-state index in [4.69, 9.17) is 9.84 Å². The Bertz CT molecular complexity index is 477. The molecule has 100 valence electrons. The van der Waals surface area contributed by atoms with Crippen molar-refractivity contribution in [2.75, 3.05) is 19.0 Å². The van der Waals surface area contributed by atoms with Gasteiger partial charge in [-0.15, -0.1) is 5.10 Å². The molecule has 1 aliphatic heterocycles. The van der Waals surface area contributed by atoms with Gasteiger partial charge in [0.2, 0.25) is 0 Å². The van der Waals surface area contributed by atoms with Crippen LogP contribution in [0.25, 0.3) is 0 Å². The minimum atomic E-state index is -1.32. The van der Waals surface area contributed by atoms with Gasteiger partial charge in [0.15, 0.2) is 6.23 Å². The maximum atomic E-state index is 11.7. The van der Waals surface area contributed by atoms with E-state index in [1.807, 2.05) is 0 Å². The molecule has 0 spiro atoms. The van der Waals surface area contributed by atoms with E-state index in [1.54, 1.807) is 7.05 Å². The summed E-state index contributed by atoms with van der Waals surface area (Å²) in [6, 6.07) is 2.76. The van der Waals surface area contributed by atoms with Gasteiger partial charge in [-0.25, -0.2) is 0 Å². The largest absolute Gasteiger partial charge is 0.394 e. The molecule has 4 N–H and O–H groups in total. The van der Waals surface area contributed by atoms with Crippen LogP contribution < -0.4 is 10.9 Å². The Morgan fingerprint density at radius 3 is 2.72 bits per heavy atom. The van der Waals surface area contributed by atoms with Crippen molar-refractivity contribution in [3.8, 4) is 0 Å². The number of ether oxygens (including phenoxy) is 1. The standard InChI is InChI=1S/C10H15N3O5/c1-11-6-2-3-7(15)13(12-6)10-9(17)8(16)5(4-14)18-10/h2-3,5,8-10,14,16-17H,4H2,1H3,(H,11,12)/t5-,8-,9-,10-/m1/s1. The number of aliphatic hydroxyl groups excluding tert-OH is 3. The average molecular weight is 257 g/mol. The Hall–Kier alpha value is -1.48. The zero-order valence-corrected chi connectivity index (χ0v) is 9.72. The van der Waals surface area contributed by atoms with Gasteiger partial charge in [-0.2, -0.15) is 4.68 Å². The number of hydrogen-bond donors (Lipinski definition) is 4. The number of rotatable bonds is 3. The number of hydrogen-bond acceptors (Lipinski definition) is 7. The van der Waals surface area contributed by atoms with E-state index in [2.05, 4.69) is 10.4 Å². The summed E-state index contributed by atoms with van der Waals surface area (Å²) in [4.78, 5) is 11.7. The highest BCUT2D eigenvalue weighted by Gasteiger charge is 2.44. The van der Waals surface area contributed by atoms with E-state index in [0.717, 1.165) is 4.68 Å². The van der Waals surface area contributed by atoms with E-state index in [-0.39, 0.29) is 0 Å². The van der Waals surface area contributed by atoms with Gasteiger partial charge in [-0.1, -0.05) is 0 Å². The van der Waals surface area contributed by atoms with Gasteiger partial charge in [-0.3, -0.25) is 4.79 Å². The smallest absolute Gasteiger partial charge is 0.269 e. The molecule has 0 radical (unpaired) electrons. The van der Waals surface area contributed by atoms with E-state index in [1.165, 1.54) is 12.1 Å². The molecule has 0 bridgehead atoms. The fourth-order valence-electron chi connectivity index (χ4n) is 1.82. The molecule has 1 fully saturated rings. The lowest BCUT2D eigenvalue weighted by molar-refractivity contribution is -0.0607. The number of nitrogens with one attached hydrogen (secondary N) is 1. The first-order chi connectivity index (χ1) is 8.58. The molecule has 0 aliphatic carbocycles.